The van der Waals surface area contributed by atoms with Crippen molar-refractivity contribution in [3.05, 3.63) is 75.9 Å². The number of aliphatic carboxylic acids is 2. The molecule has 3 aromatic heterocycles. The summed E-state index contributed by atoms with van der Waals surface area (Å²) in [6, 6.07) is 7.98. The van der Waals surface area contributed by atoms with Crippen molar-refractivity contribution in [2.75, 3.05) is 13.7 Å². The molecule has 2 aliphatic rings. The first-order valence-electron chi connectivity index (χ1n) is 14.7. The summed E-state index contributed by atoms with van der Waals surface area (Å²) in [5.74, 6) is -1.76. The van der Waals surface area contributed by atoms with Crippen molar-refractivity contribution in [2.24, 2.45) is 0 Å². The van der Waals surface area contributed by atoms with Gasteiger partial charge in [0.1, 0.15) is 0 Å². The summed E-state index contributed by atoms with van der Waals surface area (Å²) in [6.07, 6.45) is 3.12. The third kappa shape index (κ3) is 5.88. The van der Waals surface area contributed by atoms with E-state index in [1.807, 2.05) is 51.1 Å². The maximum atomic E-state index is 11.6. The van der Waals surface area contributed by atoms with Gasteiger partial charge in [0, 0.05) is 47.6 Å². The molecule has 0 atom stereocenters. The van der Waals surface area contributed by atoms with E-state index in [-0.39, 0.29) is 12.8 Å². The second-order valence-electron chi connectivity index (χ2n) is 11.3. The Labute approximate surface area is 256 Å². The van der Waals surface area contributed by atoms with Crippen LogP contribution in [0.4, 0.5) is 0 Å². The van der Waals surface area contributed by atoms with Crippen molar-refractivity contribution in [2.45, 2.75) is 59.8 Å². The lowest BCUT2D eigenvalue weighted by atomic mass is 10.00. The second-order valence-corrected chi connectivity index (χ2v) is 11.3. The summed E-state index contributed by atoms with van der Waals surface area (Å²) >= 11 is 0. The van der Waals surface area contributed by atoms with Gasteiger partial charge in [0.25, 0.3) is 0 Å². The number of nitrogens with zero attached hydrogens (tertiary/aromatic N) is 2. The molecule has 0 aromatic carbocycles. The Morgan fingerprint density at radius 3 is 1.84 bits per heavy atom. The van der Waals surface area contributed by atoms with Crippen LogP contribution >= 0.6 is 0 Å². The van der Waals surface area contributed by atoms with E-state index < -0.39 is 11.9 Å². The third-order valence-electron chi connectivity index (χ3n) is 8.65. The summed E-state index contributed by atoms with van der Waals surface area (Å²) in [5.41, 5.74) is 14.1. The molecule has 0 spiro atoms. The number of fused-ring (bicyclic) bond motifs is 8. The number of nitrogens with one attached hydrogen (secondary N) is 2. The fraction of sp³-hybridized carbons (Fsp3) is 0.314. The van der Waals surface area contributed by atoms with Crippen molar-refractivity contribution >= 4 is 62.4 Å². The predicted molar refractivity (Wildman–Crippen MR) is 175 cm³/mol. The zero-order valence-corrected chi connectivity index (χ0v) is 25.9. The van der Waals surface area contributed by atoms with Gasteiger partial charge in [-0.1, -0.05) is 12.7 Å². The average Bonchev–Trinajstić information content (AvgIpc) is 3.63. The van der Waals surface area contributed by atoms with Crippen LogP contribution in [-0.4, -0.2) is 55.8 Å². The molecule has 2 aliphatic heterocycles. The summed E-state index contributed by atoms with van der Waals surface area (Å²) in [6.45, 7) is 12.7. The molecular weight excluding hydrogens is 556 g/mol. The van der Waals surface area contributed by atoms with Gasteiger partial charge in [-0.05, 0) is 110 Å². The van der Waals surface area contributed by atoms with Gasteiger partial charge < -0.3 is 24.9 Å². The number of allylic oxidation sites excluding steroid dienone is 3. The average molecular weight is 595 g/mol. The molecule has 5 rings (SSSR count). The third-order valence-corrected chi connectivity index (χ3v) is 8.65. The highest BCUT2D eigenvalue weighted by atomic mass is 16.5. The number of ether oxygens (including phenoxy) is 1. The molecule has 228 valence electrons. The van der Waals surface area contributed by atoms with Crippen molar-refractivity contribution in [3.8, 4) is 0 Å². The summed E-state index contributed by atoms with van der Waals surface area (Å²) < 4.78 is 5.43. The molecular formula is C35H38N4O5. The lowest BCUT2D eigenvalue weighted by Crippen LogP contribution is -1.98. The first-order valence-corrected chi connectivity index (χ1v) is 14.7. The SMILES string of the molecule is C=Cc1c(C)c2cc3nc(cc4[nH]c(cc5nc(cc1[nH]2)C(C)=C5CCOC)c(C)c4CCC(=O)O)C(CCC(=O)O)=C3C. The number of hydrogen-bond acceptors (Lipinski definition) is 5. The molecule has 9 nitrogen and oxygen atoms in total. The van der Waals surface area contributed by atoms with E-state index in [0.717, 1.165) is 83.7 Å². The Hall–Kier alpha value is -4.76. The molecule has 4 N–H and O–H groups in total. The number of carbonyl (C=O) groups is 2. The molecule has 3 aromatic rings. The molecule has 5 heterocycles. The van der Waals surface area contributed by atoms with E-state index in [9.17, 15) is 19.8 Å². The van der Waals surface area contributed by atoms with Crippen LogP contribution in [0.25, 0.3) is 50.4 Å². The Balaban J connectivity index is 1.92. The number of hydrogen-bond donors (Lipinski definition) is 4. The lowest BCUT2D eigenvalue weighted by Gasteiger charge is -2.03. The molecule has 0 saturated heterocycles. The molecule has 0 radical (unpaired) electrons. The van der Waals surface area contributed by atoms with Crippen LogP contribution in [0.1, 0.15) is 84.6 Å². The first kappa shape index (κ1) is 30.7. The van der Waals surface area contributed by atoms with Crippen LogP contribution in [0.2, 0.25) is 0 Å². The Kier molecular flexibility index (Phi) is 8.69. The quantitative estimate of drug-likeness (QED) is 0.192. The maximum Gasteiger partial charge on any atom is 0.303 e. The van der Waals surface area contributed by atoms with Gasteiger partial charge in [-0.25, -0.2) is 9.97 Å². The van der Waals surface area contributed by atoms with Crippen LogP contribution in [-0.2, 0) is 20.7 Å². The summed E-state index contributed by atoms with van der Waals surface area (Å²) in [4.78, 5) is 40.3. The van der Waals surface area contributed by atoms with E-state index in [4.69, 9.17) is 14.7 Å². The zero-order chi connectivity index (χ0) is 31.7. The number of carboxylic acids is 2. The molecule has 8 bridgehead atoms. The van der Waals surface area contributed by atoms with Gasteiger partial charge in [0.15, 0.2) is 0 Å². The smallest absolute Gasteiger partial charge is 0.303 e. The van der Waals surface area contributed by atoms with Gasteiger partial charge >= 0.3 is 11.9 Å². The van der Waals surface area contributed by atoms with Gasteiger partial charge in [0.05, 0.1) is 29.4 Å². The Bertz CT molecular complexity index is 1920. The standard InChI is InChI=1S/C35H38N4O5/c1-7-22-18(2)26-14-27-19(3)23(8-10-34(40)41)32(37-27)17-33-24(9-11-35(42)43)20(4)29(39-33)16-31-25(12-13-44-6)21(5)28(38-31)15-30(22)36-26/h7,14-17,36,39H,1,8-13H2,2-6H3,(H,40,41)(H,42,43). The monoisotopic (exact) mass is 594 g/mol. The van der Waals surface area contributed by atoms with Crippen LogP contribution in [0.5, 0.6) is 0 Å². The lowest BCUT2D eigenvalue weighted by molar-refractivity contribution is -0.137. The van der Waals surface area contributed by atoms with E-state index >= 15 is 0 Å². The highest BCUT2D eigenvalue weighted by Gasteiger charge is 2.21. The van der Waals surface area contributed by atoms with E-state index in [1.54, 1.807) is 7.11 Å². The van der Waals surface area contributed by atoms with Crippen molar-refractivity contribution in [1.29, 1.82) is 0 Å². The van der Waals surface area contributed by atoms with Crippen molar-refractivity contribution in [3.63, 3.8) is 0 Å². The van der Waals surface area contributed by atoms with Gasteiger partial charge in [-0.3, -0.25) is 9.59 Å². The van der Waals surface area contributed by atoms with Crippen LogP contribution in [0.3, 0.4) is 0 Å². The minimum atomic E-state index is -0.882. The molecule has 0 fully saturated rings. The zero-order valence-electron chi connectivity index (χ0n) is 25.9. The van der Waals surface area contributed by atoms with Crippen LogP contribution in [0, 0.1) is 13.8 Å². The maximum absolute atomic E-state index is 11.6. The van der Waals surface area contributed by atoms with E-state index in [1.165, 1.54) is 0 Å². The summed E-state index contributed by atoms with van der Waals surface area (Å²) in [7, 11) is 1.68. The van der Waals surface area contributed by atoms with Crippen LogP contribution < -0.4 is 0 Å². The van der Waals surface area contributed by atoms with Gasteiger partial charge in [-0.2, -0.15) is 0 Å². The normalized spacial score (nSPS) is 13.1. The Morgan fingerprint density at radius 1 is 0.750 bits per heavy atom. The number of aryl methyl sites for hydroxylation is 3. The number of carboxylic acid groups (broad SMARTS) is 2. The number of methoxy groups -OCH3 is 1. The number of aromatic nitrogens is 4. The molecule has 0 saturated carbocycles. The number of H-pyrrole nitrogens is 2. The van der Waals surface area contributed by atoms with E-state index in [2.05, 4.69) is 23.5 Å². The molecule has 0 amide bonds. The minimum Gasteiger partial charge on any atom is -0.481 e. The molecule has 0 unspecified atom stereocenters. The second kappa shape index (κ2) is 12.5. The Morgan fingerprint density at radius 2 is 1.25 bits per heavy atom. The number of aromatic amines is 2. The first-order chi connectivity index (χ1) is 21.0. The predicted octanol–water partition coefficient (Wildman–Crippen LogP) is 7.35. The number of rotatable bonds is 10. The van der Waals surface area contributed by atoms with Gasteiger partial charge in [-0.15, -0.1) is 0 Å². The minimum absolute atomic E-state index is 0.0247. The highest BCUT2D eigenvalue weighted by Crippen LogP contribution is 2.37. The van der Waals surface area contributed by atoms with E-state index in [0.29, 0.717) is 31.6 Å². The molecule has 44 heavy (non-hydrogen) atoms. The molecule has 9 heteroatoms. The highest BCUT2D eigenvalue weighted by molar-refractivity contribution is 5.96. The van der Waals surface area contributed by atoms with Crippen molar-refractivity contribution in [1.82, 2.24) is 19.9 Å². The van der Waals surface area contributed by atoms with Crippen molar-refractivity contribution < 1.29 is 24.5 Å². The fourth-order valence-corrected chi connectivity index (χ4v) is 6.06. The van der Waals surface area contributed by atoms with Gasteiger partial charge in [0.2, 0.25) is 0 Å². The topological polar surface area (TPSA) is 141 Å². The molecule has 0 aliphatic carbocycles. The fourth-order valence-electron chi connectivity index (χ4n) is 6.06. The van der Waals surface area contributed by atoms with Crippen LogP contribution in [0.15, 0.2) is 30.8 Å². The largest absolute Gasteiger partial charge is 0.481 e. The summed E-state index contributed by atoms with van der Waals surface area (Å²) in [5, 5.41) is 19.0.